The normalized spacial score (nSPS) is 27.1. The summed E-state index contributed by atoms with van der Waals surface area (Å²) >= 11 is 0. The van der Waals surface area contributed by atoms with Crippen LogP contribution in [0.1, 0.15) is 63.4 Å². The van der Waals surface area contributed by atoms with Crippen LogP contribution in [0, 0.1) is 5.41 Å². The van der Waals surface area contributed by atoms with E-state index >= 15 is 0 Å². The van der Waals surface area contributed by atoms with E-state index in [1.807, 2.05) is 23.1 Å². The zero-order valence-corrected chi connectivity index (χ0v) is 22.2. The van der Waals surface area contributed by atoms with Crippen molar-refractivity contribution < 1.29 is 24.5 Å². The number of benzene rings is 1. The summed E-state index contributed by atoms with van der Waals surface area (Å²) in [7, 11) is 0. The molecule has 8 heteroatoms. The zero-order chi connectivity index (χ0) is 26.1. The first-order chi connectivity index (χ1) is 17.9. The number of aliphatic hydroxyl groups is 2. The lowest BCUT2D eigenvalue weighted by Gasteiger charge is -2.40. The Bertz CT molecular complexity index is 852. The summed E-state index contributed by atoms with van der Waals surface area (Å²) in [6.45, 7) is 5.64. The molecule has 1 amide bonds. The van der Waals surface area contributed by atoms with E-state index < -0.39 is 17.6 Å². The fourth-order valence-electron chi connectivity index (χ4n) is 5.98. The van der Waals surface area contributed by atoms with Crippen molar-refractivity contribution in [2.75, 3.05) is 52.4 Å². The first kappa shape index (κ1) is 28.0. The van der Waals surface area contributed by atoms with Gasteiger partial charge in [0.25, 0.3) is 0 Å². The molecule has 0 saturated carbocycles. The number of aliphatic hydroxyl groups excluding tert-OH is 2. The van der Waals surface area contributed by atoms with Crippen LogP contribution >= 0.6 is 0 Å². The molecule has 3 aliphatic heterocycles. The average Bonchev–Trinajstić information content (AvgIpc) is 2.93. The number of piperidine rings is 2. The summed E-state index contributed by atoms with van der Waals surface area (Å²) in [5.41, 5.74) is 0.691. The van der Waals surface area contributed by atoms with Crippen molar-refractivity contribution in [3.8, 4) is 0 Å². The highest BCUT2D eigenvalue weighted by atomic mass is 16.5. The van der Waals surface area contributed by atoms with Crippen LogP contribution in [-0.2, 0) is 20.9 Å². The number of hydrogen-bond acceptors (Lipinski definition) is 7. The molecule has 1 aromatic rings. The first-order valence-corrected chi connectivity index (χ1v) is 14.2. The van der Waals surface area contributed by atoms with Crippen LogP contribution in [0.15, 0.2) is 30.3 Å². The van der Waals surface area contributed by atoms with Gasteiger partial charge in [0, 0.05) is 19.6 Å². The highest BCUT2D eigenvalue weighted by Crippen LogP contribution is 2.38. The van der Waals surface area contributed by atoms with Crippen LogP contribution < -0.4 is 0 Å². The third-order valence-electron chi connectivity index (χ3n) is 8.51. The monoisotopic (exact) mass is 515 g/mol. The Morgan fingerprint density at radius 1 is 0.838 bits per heavy atom. The summed E-state index contributed by atoms with van der Waals surface area (Å²) in [5.74, 6) is -0.162. The van der Waals surface area contributed by atoms with E-state index in [4.69, 9.17) is 4.74 Å². The molecule has 0 aliphatic carbocycles. The molecule has 0 aromatic heterocycles. The van der Waals surface area contributed by atoms with Gasteiger partial charge in [0.1, 0.15) is 12.7 Å². The quantitative estimate of drug-likeness (QED) is 0.595. The Labute approximate surface area is 221 Å². The topological polar surface area (TPSA) is 93.6 Å². The fourth-order valence-corrected chi connectivity index (χ4v) is 5.98. The summed E-state index contributed by atoms with van der Waals surface area (Å²) in [6, 6.07) is 10.4. The van der Waals surface area contributed by atoms with Crippen LogP contribution in [0.5, 0.6) is 0 Å². The highest BCUT2D eigenvalue weighted by Gasteiger charge is 2.42. The lowest BCUT2D eigenvalue weighted by molar-refractivity contribution is -0.165. The number of hydrogen-bond donors (Lipinski definition) is 2. The van der Waals surface area contributed by atoms with E-state index in [9.17, 15) is 19.8 Å². The minimum Gasteiger partial charge on any atom is -0.462 e. The van der Waals surface area contributed by atoms with E-state index in [-0.39, 0.29) is 24.9 Å². The van der Waals surface area contributed by atoms with Crippen LogP contribution in [-0.4, -0.2) is 101 Å². The lowest BCUT2D eigenvalue weighted by Crippen LogP contribution is -2.45. The van der Waals surface area contributed by atoms with E-state index in [1.165, 1.54) is 12.0 Å². The molecule has 0 unspecified atom stereocenters. The molecule has 4 rings (SSSR count). The number of esters is 1. The molecule has 0 bridgehead atoms. The highest BCUT2D eigenvalue weighted by molar-refractivity contribution is 5.78. The predicted molar refractivity (Wildman–Crippen MR) is 142 cm³/mol. The van der Waals surface area contributed by atoms with Crippen molar-refractivity contribution >= 4 is 11.9 Å². The molecule has 3 heterocycles. The smallest absolute Gasteiger partial charge is 0.312 e. The Morgan fingerprint density at radius 3 is 2.27 bits per heavy atom. The number of likely N-dealkylation sites (tertiary alicyclic amines) is 2. The van der Waals surface area contributed by atoms with Crippen molar-refractivity contribution in [1.82, 2.24) is 14.7 Å². The number of amides is 1. The molecule has 206 valence electrons. The molecule has 37 heavy (non-hydrogen) atoms. The third kappa shape index (κ3) is 7.99. The molecule has 3 saturated heterocycles. The Balaban J connectivity index is 1.37. The summed E-state index contributed by atoms with van der Waals surface area (Å²) in [4.78, 5) is 32.9. The fraction of sp³-hybridized carbons (Fsp3) is 0.724. The Hall–Kier alpha value is -2.00. The van der Waals surface area contributed by atoms with Gasteiger partial charge in [0.15, 0.2) is 0 Å². The van der Waals surface area contributed by atoms with E-state index in [2.05, 4.69) is 21.9 Å². The second-order valence-electron chi connectivity index (χ2n) is 11.2. The molecule has 1 spiro atoms. The van der Waals surface area contributed by atoms with Gasteiger partial charge >= 0.3 is 5.97 Å². The lowest BCUT2D eigenvalue weighted by atomic mass is 9.74. The maximum atomic E-state index is 13.3. The number of carbonyl (C=O) groups is 2. The Morgan fingerprint density at radius 2 is 1.54 bits per heavy atom. The van der Waals surface area contributed by atoms with Crippen molar-refractivity contribution in [3.05, 3.63) is 35.9 Å². The molecule has 1 aromatic carbocycles. The van der Waals surface area contributed by atoms with Gasteiger partial charge in [-0.3, -0.25) is 19.4 Å². The summed E-state index contributed by atoms with van der Waals surface area (Å²) in [6.07, 6.45) is 5.38. The number of nitrogens with zero attached hydrogens (tertiary/aromatic N) is 3. The number of carbonyl (C=O) groups excluding carboxylic acids is 2. The van der Waals surface area contributed by atoms with E-state index in [0.29, 0.717) is 19.6 Å². The van der Waals surface area contributed by atoms with Gasteiger partial charge in [-0.1, -0.05) is 43.2 Å². The minimum absolute atomic E-state index is 0.0923. The van der Waals surface area contributed by atoms with Gasteiger partial charge in [-0.25, -0.2) is 0 Å². The minimum atomic E-state index is -1.15. The largest absolute Gasteiger partial charge is 0.462 e. The third-order valence-corrected chi connectivity index (χ3v) is 8.51. The summed E-state index contributed by atoms with van der Waals surface area (Å²) in [5, 5.41) is 21.0. The summed E-state index contributed by atoms with van der Waals surface area (Å²) < 4.78 is 5.61. The van der Waals surface area contributed by atoms with Gasteiger partial charge in [-0.15, -0.1) is 0 Å². The molecular formula is C29H45N3O5. The van der Waals surface area contributed by atoms with Gasteiger partial charge < -0.3 is 19.8 Å². The molecule has 0 radical (unpaired) electrons. The number of ether oxygens (including phenoxy) is 1. The van der Waals surface area contributed by atoms with Gasteiger partial charge in [0.2, 0.25) is 5.91 Å². The molecule has 2 N–H and O–H groups in total. The standard InChI is InChI=1S/C29H45N3O5/c33-25-11-18-32(27(35)22-30-15-6-2-7-16-30)17-8-5-12-29(28(36)37-23-26(25)34)13-19-31(20-14-29)21-24-9-3-1-4-10-24/h1,3-4,9-10,25-26,33-34H,2,5-8,11-23H2/t25-,26+/m0/s1. The SMILES string of the molecule is O=C(CN1CCCCC1)N1CCCCC2(CCN(Cc3ccccc3)CC2)C(=O)OC[C@@H](O)[C@@H](O)CC1. The molecular weight excluding hydrogens is 470 g/mol. The van der Waals surface area contributed by atoms with E-state index in [0.717, 1.165) is 77.7 Å². The first-order valence-electron chi connectivity index (χ1n) is 14.2. The van der Waals surface area contributed by atoms with Crippen molar-refractivity contribution in [2.24, 2.45) is 5.41 Å². The second kappa shape index (κ2) is 13.7. The maximum Gasteiger partial charge on any atom is 0.312 e. The van der Waals surface area contributed by atoms with Crippen LogP contribution in [0.2, 0.25) is 0 Å². The van der Waals surface area contributed by atoms with Crippen LogP contribution in [0.4, 0.5) is 0 Å². The van der Waals surface area contributed by atoms with Crippen LogP contribution in [0.25, 0.3) is 0 Å². The van der Waals surface area contributed by atoms with Crippen molar-refractivity contribution in [3.63, 3.8) is 0 Å². The van der Waals surface area contributed by atoms with Gasteiger partial charge in [-0.05, 0) is 76.7 Å². The zero-order valence-electron chi connectivity index (χ0n) is 22.2. The van der Waals surface area contributed by atoms with Gasteiger partial charge in [-0.2, -0.15) is 0 Å². The van der Waals surface area contributed by atoms with Crippen molar-refractivity contribution in [2.45, 2.75) is 76.5 Å². The van der Waals surface area contributed by atoms with Gasteiger partial charge in [0.05, 0.1) is 18.1 Å². The number of cyclic esters (lactones) is 1. The predicted octanol–water partition coefficient (Wildman–Crippen LogP) is 2.42. The molecule has 3 aliphatic rings. The molecule has 2 atom stereocenters. The average molecular weight is 516 g/mol. The second-order valence-corrected chi connectivity index (χ2v) is 11.2. The number of rotatable bonds is 4. The Kier molecular flexibility index (Phi) is 10.4. The molecule has 8 nitrogen and oxygen atoms in total. The maximum absolute atomic E-state index is 13.3. The van der Waals surface area contributed by atoms with Crippen LogP contribution in [0.3, 0.4) is 0 Å². The van der Waals surface area contributed by atoms with E-state index in [1.54, 1.807) is 0 Å². The van der Waals surface area contributed by atoms with Crippen molar-refractivity contribution in [1.29, 1.82) is 0 Å². The molecule has 3 fully saturated rings.